The van der Waals surface area contributed by atoms with Gasteiger partial charge in [-0.25, -0.2) is 0 Å². The highest BCUT2D eigenvalue weighted by atomic mass is 35.5. The number of carbonyl (C=O) groups excluding carboxylic acids is 1. The van der Waals surface area contributed by atoms with Crippen molar-refractivity contribution in [1.29, 1.82) is 0 Å². The first-order valence-corrected chi connectivity index (χ1v) is 16.3. The van der Waals surface area contributed by atoms with Gasteiger partial charge in [-0.2, -0.15) is 3.89 Å². The number of ether oxygens (including phenoxy) is 2. The average Bonchev–Trinajstić information content (AvgIpc) is 3.21. The molecule has 1 aromatic rings. The van der Waals surface area contributed by atoms with Crippen molar-refractivity contribution in [2.45, 2.75) is 86.0 Å². The molecular weight excluding hydrogens is 567 g/mol. The normalized spacial score (nSPS) is 36.1. The minimum Gasteiger partial charge on any atom is -0.388 e. The van der Waals surface area contributed by atoms with E-state index in [1.165, 1.54) is 23.6 Å². The fourth-order valence-electron chi connectivity index (χ4n) is 5.75. The van der Waals surface area contributed by atoms with Crippen molar-refractivity contribution in [3.05, 3.63) is 35.9 Å². The van der Waals surface area contributed by atoms with Crippen LogP contribution < -0.4 is 10.6 Å². The van der Waals surface area contributed by atoms with Crippen molar-refractivity contribution in [3.63, 3.8) is 0 Å². The van der Waals surface area contributed by atoms with E-state index in [1.807, 2.05) is 6.07 Å². The van der Waals surface area contributed by atoms with Gasteiger partial charge in [0.05, 0.1) is 17.5 Å². The van der Waals surface area contributed by atoms with Crippen LogP contribution in [0.4, 0.5) is 3.89 Å². The standard InChI is InChI=1S/C26H39ClN2O6S.CH3FS/c1-14(27)18(24-21(31)20(30)22(32)26(35-24)36-2)29-25(33)19-23-17(13-28-19)12-16(10-11-34-23)9-8-15-6-4-3-5-7-15;1-3-2/h3-7,14,16-24,26,28,30-32H,8-13H2,1-2H3,(H,29,33);1H3/t14-,16-,17-,18+,19-,20+,21?,22+,23+,24+,26?;/m0./s1. The van der Waals surface area contributed by atoms with Crippen LogP contribution in [0.1, 0.15) is 31.7 Å². The van der Waals surface area contributed by atoms with Gasteiger partial charge in [-0.15, -0.1) is 23.4 Å². The monoisotopic (exact) mass is 608 g/mol. The Morgan fingerprint density at radius 2 is 1.90 bits per heavy atom. The van der Waals surface area contributed by atoms with E-state index >= 15 is 0 Å². The number of hydrogen-bond donors (Lipinski definition) is 5. The summed E-state index contributed by atoms with van der Waals surface area (Å²) in [6.07, 6.45) is 2.01. The number of aliphatic hydroxyl groups is 3. The molecule has 222 valence electrons. The molecule has 2 unspecified atom stereocenters. The molecule has 0 aliphatic carbocycles. The van der Waals surface area contributed by atoms with E-state index in [0.29, 0.717) is 19.1 Å². The molecule has 39 heavy (non-hydrogen) atoms. The number of thioether (sulfide) groups is 1. The maximum absolute atomic E-state index is 13.4. The highest BCUT2D eigenvalue weighted by Gasteiger charge is 2.49. The van der Waals surface area contributed by atoms with E-state index in [9.17, 15) is 24.0 Å². The van der Waals surface area contributed by atoms with Crippen LogP contribution >= 0.6 is 35.5 Å². The minimum atomic E-state index is -1.40. The van der Waals surface area contributed by atoms with Crippen molar-refractivity contribution < 1.29 is 33.5 Å². The highest BCUT2D eigenvalue weighted by molar-refractivity contribution is 7.99. The second-order valence-corrected chi connectivity index (χ2v) is 12.4. The molecule has 0 saturated carbocycles. The topological polar surface area (TPSA) is 120 Å². The molecule has 3 saturated heterocycles. The summed E-state index contributed by atoms with van der Waals surface area (Å²) < 4.78 is 22.3. The van der Waals surface area contributed by atoms with Gasteiger partial charge in [-0.05, 0) is 56.3 Å². The van der Waals surface area contributed by atoms with Gasteiger partial charge in [0.1, 0.15) is 35.9 Å². The summed E-state index contributed by atoms with van der Waals surface area (Å²) in [7, 11) is 0. The van der Waals surface area contributed by atoms with Gasteiger partial charge < -0.3 is 35.4 Å². The molecule has 1 amide bonds. The van der Waals surface area contributed by atoms with Gasteiger partial charge in [0, 0.05) is 31.6 Å². The lowest BCUT2D eigenvalue weighted by molar-refractivity contribution is -0.205. The Bertz CT molecular complexity index is 876. The second kappa shape index (κ2) is 16.1. The lowest BCUT2D eigenvalue weighted by Gasteiger charge is -2.44. The van der Waals surface area contributed by atoms with Gasteiger partial charge in [0.25, 0.3) is 0 Å². The molecule has 5 N–H and O–H groups in total. The third-order valence-electron chi connectivity index (χ3n) is 7.83. The molecule has 4 rings (SSSR count). The van der Waals surface area contributed by atoms with Crippen molar-refractivity contribution >= 4 is 41.4 Å². The number of hydrogen-bond acceptors (Lipinski definition) is 9. The molecular formula is C27H42ClFN2O6S2. The number of alkyl halides is 1. The number of fused-ring (bicyclic) bond motifs is 1. The number of nitrogens with one attached hydrogen (secondary N) is 2. The largest absolute Gasteiger partial charge is 0.388 e. The minimum absolute atomic E-state index is 0.235. The maximum atomic E-state index is 13.4. The summed E-state index contributed by atoms with van der Waals surface area (Å²) in [5.41, 5.74) is 0.603. The molecule has 11 atom stereocenters. The van der Waals surface area contributed by atoms with E-state index < -0.39 is 47.3 Å². The predicted molar refractivity (Wildman–Crippen MR) is 155 cm³/mol. The predicted octanol–water partition coefficient (Wildman–Crippen LogP) is 2.52. The number of amides is 1. The number of benzene rings is 1. The molecule has 0 bridgehead atoms. The zero-order valence-corrected chi connectivity index (χ0v) is 25.0. The van der Waals surface area contributed by atoms with Crippen LogP contribution in [0, 0.1) is 11.8 Å². The molecule has 3 heterocycles. The summed E-state index contributed by atoms with van der Waals surface area (Å²) in [4.78, 5) is 13.4. The lowest BCUT2D eigenvalue weighted by Crippen LogP contribution is -2.65. The van der Waals surface area contributed by atoms with Crippen LogP contribution in [0.15, 0.2) is 30.3 Å². The quantitative estimate of drug-likeness (QED) is 0.284. The van der Waals surface area contributed by atoms with E-state index in [0.717, 1.165) is 25.7 Å². The molecule has 3 fully saturated rings. The van der Waals surface area contributed by atoms with E-state index in [1.54, 1.807) is 13.2 Å². The molecule has 3 aliphatic heterocycles. The van der Waals surface area contributed by atoms with Crippen molar-refractivity contribution in [3.8, 4) is 0 Å². The molecule has 8 nitrogen and oxygen atoms in total. The first kappa shape index (κ1) is 32.9. The Morgan fingerprint density at radius 3 is 2.54 bits per heavy atom. The van der Waals surface area contributed by atoms with Gasteiger partial charge in [-0.3, -0.25) is 4.79 Å². The van der Waals surface area contributed by atoms with E-state index in [-0.39, 0.29) is 30.1 Å². The Labute approximate surface area is 244 Å². The Hall–Kier alpha value is -0.630. The fraction of sp³-hybridized carbons (Fsp3) is 0.741. The summed E-state index contributed by atoms with van der Waals surface area (Å²) in [5.74, 6) is 0.520. The van der Waals surface area contributed by atoms with Crippen molar-refractivity contribution in [2.75, 3.05) is 25.7 Å². The summed E-state index contributed by atoms with van der Waals surface area (Å²) >= 11 is 7.90. The molecule has 12 heteroatoms. The second-order valence-electron chi connectivity index (χ2n) is 10.4. The third-order valence-corrected chi connectivity index (χ3v) is 8.95. The van der Waals surface area contributed by atoms with Crippen LogP contribution in [0.5, 0.6) is 0 Å². The molecule has 0 spiro atoms. The number of carbonyl (C=O) groups is 1. The first-order valence-electron chi connectivity index (χ1n) is 13.4. The van der Waals surface area contributed by atoms with Crippen LogP contribution in [0.25, 0.3) is 0 Å². The smallest absolute Gasteiger partial charge is 0.240 e. The van der Waals surface area contributed by atoms with E-state index in [4.69, 9.17) is 21.1 Å². The van der Waals surface area contributed by atoms with E-state index in [2.05, 4.69) is 34.9 Å². The fourth-order valence-corrected chi connectivity index (χ4v) is 6.63. The lowest BCUT2D eigenvalue weighted by atomic mass is 9.86. The summed E-state index contributed by atoms with van der Waals surface area (Å²) in [5, 5.41) is 36.8. The van der Waals surface area contributed by atoms with Crippen LogP contribution in [-0.2, 0) is 20.7 Å². The molecule has 0 radical (unpaired) electrons. The first-order chi connectivity index (χ1) is 18.7. The van der Waals surface area contributed by atoms with Crippen LogP contribution in [0.2, 0.25) is 0 Å². The number of halogens is 2. The molecule has 1 aromatic carbocycles. The van der Waals surface area contributed by atoms with Crippen LogP contribution in [0.3, 0.4) is 0 Å². The van der Waals surface area contributed by atoms with Gasteiger partial charge in [0.2, 0.25) is 5.91 Å². The summed E-state index contributed by atoms with van der Waals surface area (Å²) in [6, 6.07) is 9.20. The van der Waals surface area contributed by atoms with Crippen molar-refractivity contribution in [2.24, 2.45) is 11.8 Å². The molecule has 0 aromatic heterocycles. The van der Waals surface area contributed by atoms with Gasteiger partial charge in [0.15, 0.2) is 0 Å². The van der Waals surface area contributed by atoms with Crippen LogP contribution in [-0.4, -0.2) is 100 Å². The Kier molecular flexibility index (Phi) is 13.6. The third kappa shape index (κ3) is 8.68. The maximum Gasteiger partial charge on any atom is 0.240 e. The number of aliphatic hydroxyl groups excluding tert-OH is 3. The highest BCUT2D eigenvalue weighted by Crippen LogP contribution is 2.34. The zero-order chi connectivity index (χ0) is 28.5. The van der Waals surface area contributed by atoms with Gasteiger partial charge in [-0.1, -0.05) is 30.3 Å². The number of aryl methyl sites for hydroxylation is 1. The SMILES string of the molecule is CSC1O[C@H]([C@H](NC(=O)[C@H]2NC[C@@H]3C[C@@H](CCc4ccccc4)CCO[C@H]32)[C@H](C)Cl)C(O)[C@@H](O)[C@H]1O.CSF. The Morgan fingerprint density at radius 1 is 1.21 bits per heavy atom. The zero-order valence-electron chi connectivity index (χ0n) is 22.6. The Balaban J connectivity index is 0.00000134. The average molecular weight is 609 g/mol. The van der Waals surface area contributed by atoms with Crippen molar-refractivity contribution in [1.82, 2.24) is 10.6 Å². The summed E-state index contributed by atoms with van der Waals surface area (Å²) in [6.45, 7) is 3.03. The molecule has 3 aliphatic rings. The number of rotatable bonds is 8. The van der Waals surface area contributed by atoms with Gasteiger partial charge >= 0.3 is 0 Å².